The molecule has 0 radical (unpaired) electrons. The summed E-state index contributed by atoms with van der Waals surface area (Å²) in [5, 5.41) is 0. The van der Waals surface area contributed by atoms with Crippen LogP contribution in [0.15, 0.2) is 0 Å². The van der Waals surface area contributed by atoms with Gasteiger partial charge < -0.3 is 9.47 Å². The van der Waals surface area contributed by atoms with Crippen molar-refractivity contribution >= 4 is 5.97 Å². The first-order valence-corrected chi connectivity index (χ1v) is 4.45. The van der Waals surface area contributed by atoms with Crippen molar-refractivity contribution < 1.29 is 14.3 Å². The zero-order valence-corrected chi connectivity index (χ0v) is 7.50. The second kappa shape index (κ2) is 2.46. The number of carbonyl (C=O) groups excluding carboxylic acids is 1. The summed E-state index contributed by atoms with van der Waals surface area (Å²) in [5.74, 6) is -0.200. The minimum Gasteiger partial charge on any atom is -0.457 e. The molecule has 0 N–H and O–H groups in total. The standard InChI is InChI=1S/C9H14O3/c1-6(10)12-9(2)5-7-3-4-8(9)11-7/h7-8H,3-5H2,1-2H3. The van der Waals surface area contributed by atoms with Gasteiger partial charge in [-0.25, -0.2) is 0 Å². The van der Waals surface area contributed by atoms with Crippen LogP contribution in [-0.2, 0) is 14.3 Å². The molecule has 2 aliphatic heterocycles. The van der Waals surface area contributed by atoms with Gasteiger partial charge in [-0.05, 0) is 19.8 Å². The topological polar surface area (TPSA) is 35.5 Å². The van der Waals surface area contributed by atoms with Crippen LogP contribution in [0, 0.1) is 0 Å². The highest BCUT2D eigenvalue weighted by atomic mass is 16.6. The normalized spacial score (nSPS) is 44.8. The summed E-state index contributed by atoms with van der Waals surface area (Å²) in [4.78, 5) is 10.8. The molecule has 2 saturated heterocycles. The Bertz CT molecular complexity index is 214. The van der Waals surface area contributed by atoms with Gasteiger partial charge in [0.15, 0.2) is 0 Å². The fourth-order valence-corrected chi connectivity index (χ4v) is 2.32. The third-order valence-corrected chi connectivity index (χ3v) is 2.80. The Morgan fingerprint density at radius 3 is 2.75 bits per heavy atom. The van der Waals surface area contributed by atoms with E-state index in [2.05, 4.69) is 0 Å². The van der Waals surface area contributed by atoms with Gasteiger partial charge in [-0.1, -0.05) is 0 Å². The Morgan fingerprint density at radius 1 is 1.58 bits per heavy atom. The molecule has 0 spiro atoms. The second-order valence-corrected chi connectivity index (χ2v) is 3.93. The zero-order chi connectivity index (χ0) is 8.77. The van der Waals surface area contributed by atoms with Crippen LogP contribution in [-0.4, -0.2) is 23.8 Å². The summed E-state index contributed by atoms with van der Waals surface area (Å²) < 4.78 is 10.9. The van der Waals surface area contributed by atoms with Crippen molar-refractivity contribution in [2.24, 2.45) is 0 Å². The monoisotopic (exact) mass is 170 g/mol. The Hall–Kier alpha value is -0.570. The van der Waals surface area contributed by atoms with E-state index in [0.29, 0.717) is 6.10 Å². The van der Waals surface area contributed by atoms with Gasteiger partial charge in [0.1, 0.15) is 5.60 Å². The molecule has 2 aliphatic rings. The van der Waals surface area contributed by atoms with Crippen molar-refractivity contribution in [3.05, 3.63) is 0 Å². The molecule has 0 aromatic rings. The lowest BCUT2D eigenvalue weighted by Crippen LogP contribution is -2.40. The molecular weight excluding hydrogens is 156 g/mol. The molecule has 12 heavy (non-hydrogen) atoms. The third kappa shape index (κ3) is 1.12. The number of carbonyl (C=O) groups is 1. The van der Waals surface area contributed by atoms with Crippen molar-refractivity contribution in [3.63, 3.8) is 0 Å². The minimum atomic E-state index is -0.339. The molecule has 0 aliphatic carbocycles. The molecule has 0 saturated carbocycles. The van der Waals surface area contributed by atoms with E-state index in [4.69, 9.17) is 9.47 Å². The smallest absolute Gasteiger partial charge is 0.303 e. The summed E-state index contributed by atoms with van der Waals surface area (Å²) >= 11 is 0. The van der Waals surface area contributed by atoms with Crippen LogP contribution in [0.1, 0.15) is 33.1 Å². The van der Waals surface area contributed by atoms with Crippen LogP contribution < -0.4 is 0 Å². The molecule has 2 fully saturated rings. The van der Waals surface area contributed by atoms with Crippen LogP contribution in [0.3, 0.4) is 0 Å². The van der Waals surface area contributed by atoms with E-state index in [0.717, 1.165) is 19.3 Å². The highest BCUT2D eigenvalue weighted by Gasteiger charge is 2.51. The van der Waals surface area contributed by atoms with Gasteiger partial charge in [-0.2, -0.15) is 0 Å². The molecule has 3 heteroatoms. The number of fused-ring (bicyclic) bond motifs is 2. The van der Waals surface area contributed by atoms with Crippen LogP contribution >= 0.6 is 0 Å². The summed E-state index contributed by atoms with van der Waals surface area (Å²) in [6.45, 7) is 3.43. The predicted octanol–water partition coefficient (Wildman–Crippen LogP) is 1.26. The fourth-order valence-electron chi connectivity index (χ4n) is 2.32. The SMILES string of the molecule is CC(=O)OC1(C)CC2CCC1O2. The van der Waals surface area contributed by atoms with Gasteiger partial charge in [0, 0.05) is 13.3 Å². The van der Waals surface area contributed by atoms with Crippen molar-refractivity contribution in [2.75, 3.05) is 0 Å². The minimum absolute atomic E-state index is 0.145. The van der Waals surface area contributed by atoms with E-state index in [-0.39, 0.29) is 17.7 Å². The van der Waals surface area contributed by atoms with Gasteiger partial charge in [0.05, 0.1) is 12.2 Å². The summed E-state index contributed by atoms with van der Waals surface area (Å²) in [6.07, 6.45) is 3.51. The highest BCUT2D eigenvalue weighted by molar-refractivity contribution is 5.66. The van der Waals surface area contributed by atoms with Gasteiger partial charge in [-0.3, -0.25) is 4.79 Å². The lowest BCUT2D eigenvalue weighted by molar-refractivity contribution is -0.160. The van der Waals surface area contributed by atoms with Crippen molar-refractivity contribution in [1.29, 1.82) is 0 Å². The molecule has 3 atom stereocenters. The Labute approximate surface area is 72.0 Å². The highest BCUT2D eigenvalue weighted by Crippen LogP contribution is 2.43. The number of esters is 1. The molecule has 3 nitrogen and oxygen atoms in total. The second-order valence-electron chi connectivity index (χ2n) is 3.93. The average Bonchev–Trinajstić information content (AvgIpc) is 2.42. The molecule has 0 aromatic heterocycles. The van der Waals surface area contributed by atoms with Crippen LogP contribution in [0.5, 0.6) is 0 Å². The maximum Gasteiger partial charge on any atom is 0.303 e. The van der Waals surface area contributed by atoms with Crippen LogP contribution in [0.4, 0.5) is 0 Å². The van der Waals surface area contributed by atoms with Gasteiger partial charge in [0.25, 0.3) is 0 Å². The lowest BCUT2D eigenvalue weighted by atomic mass is 9.86. The maximum absolute atomic E-state index is 10.8. The van der Waals surface area contributed by atoms with E-state index in [1.54, 1.807) is 0 Å². The first kappa shape index (κ1) is 8.05. The number of ether oxygens (including phenoxy) is 2. The van der Waals surface area contributed by atoms with E-state index in [1.807, 2.05) is 6.92 Å². The summed E-state index contributed by atoms with van der Waals surface area (Å²) in [7, 11) is 0. The maximum atomic E-state index is 10.8. The molecule has 2 heterocycles. The molecule has 68 valence electrons. The Balaban J connectivity index is 2.07. The van der Waals surface area contributed by atoms with Gasteiger partial charge >= 0.3 is 5.97 Å². The first-order valence-electron chi connectivity index (χ1n) is 4.45. The summed E-state index contributed by atoms with van der Waals surface area (Å²) in [6, 6.07) is 0. The molecular formula is C9H14O3. The number of rotatable bonds is 1. The lowest BCUT2D eigenvalue weighted by Gasteiger charge is -2.30. The third-order valence-electron chi connectivity index (χ3n) is 2.80. The van der Waals surface area contributed by atoms with E-state index >= 15 is 0 Å². The van der Waals surface area contributed by atoms with Crippen LogP contribution in [0.2, 0.25) is 0 Å². The van der Waals surface area contributed by atoms with Crippen molar-refractivity contribution in [3.8, 4) is 0 Å². The zero-order valence-electron chi connectivity index (χ0n) is 7.50. The summed E-state index contributed by atoms with van der Waals surface area (Å²) in [5.41, 5.74) is -0.339. The Kier molecular flexibility index (Phi) is 1.65. The van der Waals surface area contributed by atoms with E-state index in [1.165, 1.54) is 6.92 Å². The molecule has 0 aromatic carbocycles. The quantitative estimate of drug-likeness (QED) is 0.556. The number of hydrogen-bond acceptors (Lipinski definition) is 3. The van der Waals surface area contributed by atoms with Crippen LogP contribution in [0.25, 0.3) is 0 Å². The predicted molar refractivity (Wildman–Crippen MR) is 42.7 cm³/mol. The number of hydrogen-bond donors (Lipinski definition) is 0. The Morgan fingerprint density at radius 2 is 2.33 bits per heavy atom. The van der Waals surface area contributed by atoms with Crippen molar-refractivity contribution in [2.45, 2.75) is 50.9 Å². The first-order chi connectivity index (χ1) is 5.60. The molecule has 3 unspecified atom stereocenters. The molecule has 0 amide bonds. The van der Waals surface area contributed by atoms with Gasteiger partial charge in [0.2, 0.25) is 0 Å². The van der Waals surface area contributed by atoms with E-state index < -0.39 is 0 Å². The average molecular weight is 170 g/mol. The molecule has 2 rings (SSSR count). The van der Waals surface area contributed by atoms with Gasteiger partial charge in [-0.15, -0.1) is 0 Å². The fraction of sp³-hybridized carbons (Fsp3) is 0.889. The largest absolute Gasteiger partial charge is 0.457 e. The molecule has 2 bridgehead atoms. The van der Waals surface area contributed by atoms with E-state index in [9.17, 15) is 4.79 Å². The van der Waals surface area contributed by atoms with Crippen molar-refractivity contribution in [1.82, 2.24) is 0 Å².